The van der Waals surface area contributed by atoms with Crippen LogP contribution in [0.4, 0.5) is 0 Å². The average Bonchev–Trinajstić information content (AvgIpc) is 2.83. The van der Waals surface area contributed by atoms with Crippen molar-refractivity contribution in [2.45, 2.75) is 30.7 Å². The SMILES string of the molecule is O=C(O)C1O[C@@H](Oc2cc3oc(-c4ccccc4)cc(=O)c3c(O)c2O)[C@H](O)[C@@H](O)[C@@H]1O.[I][V][I]. The molecule has 0 spiro atoms. The molecule has 11 nitrogen and oxygen atoms in total. The molecule has 2 heterocycles. The summed E-state index contributed by atoms with van der Waals surface area (Å²) < 4.78 is 16.0. The third-order valence-corrected chi connectivity index (χ3v) is 5.05. The number of phenolic OH excluding ortho intramolecular Hbond substituents is 2. The molecule has 0 aliphatic carbocycles. The number of carboxylic acids is 1. The van der Waals surface area contributed by atoms with Crippen molar-refractivity contribution in [3.8, 4) is 28.6 Å². The topological polar surface area (TPSA) is 187 Å². The Hall–Kier alpha value is -1.60. The minimum absolute atomic E-state index is 0.164. The van der Waals surface area contributed by atoms with Gasteiger partial charge in [-0.2, -0.15) is 0 Å². The van der Waals surface area contributed by atoms with Gasteiger partial charge < -0.3 is 44.5 Å². The Kier molecular flexibility index (Phi) is 9.67. The summed E-state index contributed by atoms with van der Waals surface area (Å²) in [4.78, 5) is 23.8. The van der Waals surface area contributed by atoms with E-state index >= 15 is 0 Å². The number of halogens is 2. The fraction of sp³-hybridized carbons (Fsp3) is 0.238. The summed E-state index contributed by atoms with van der Waals surface area (Å²) in [5.74, 6) is -3.76. The Morgan fingerprint density at radius 1 is 0.971 bits per heavy atom. The van der Waals surface area contributed by atoms with Gasteiger partial charge in [0, 0.05) is 17.7 Å². The number of aliphatic hydroxyl groups is 3. The number of hydrogen-bond donors (Lipinski definition) is 6. The van der Waals surface area contributed by atoms with Gasteiger partial charge >= 0.3 is 55.4 Å². The predicted octanol–water partition coefficient (Wildman–Crippen LogP) is 1.91. The number of ether oxygens (including phenoxy) is 2. The Labute approximate surface area is 226 Å². The monoisotopic (exact) mass is 751 g/mol. The van der Waals surface area contributed by atoms with Crippen LogP contribution < -0.4 is 10.2 Å². The number of aromatic hydroxyl groups is 2. The number of carboxylic acid groups (broad SMARTS) is 1. The van der Waals surface area contributed by atoms with E-state index in [1.165, 1.54) is 0 Å². The maximum atomic E-state index is 12.5. The van der Waals surface area contributed by atoms with Gasteiger partial charge in [0.25, 0.3) is 0 Å². The molecule has 6 N–H and O–H groups in total. The molecule has 1 saturated heterocycles. The van der Waals surface area contributed by atoms with E-state index in [1.54, 1.807) is 30.3 Å². The first-order chi connectivity index (χ1) is 16.6. The second-order valence-electron chi connectivity index (χ2n) is 7.20. The van der Waals surface area contributed by atoms with Crippen LogP contribution in [0.15, 0.2) is 51.7 Å². The second-order valence-corrected chi connectivity index (χ2v) is 19.0. The van der Waals surface area contributed by atoms with Crippen molar-refractivity contribution in [1.29, 1.82) is 0 Å². The zero-order valence-corrected chi connectivity index (χ0v) is 23.1. The van der Waals surface area contributed by atoms with Gasteiger partial charge in [0.15, 0.2) is 23.0 Å². The van der Waals surface area contributed by atoms with E-state index in [-0.39, 0.29) is 16.7 Å². The van der Waals surface area contributed by atoms with E-state index in [4.69, 9.17) is 19.0 Å². The van der Waals surface area contributed by atoms with Crippen molar-refractivity contribution in [2.24, 2.45) is 0 Å². The van der Waals surface area contributed by atoms with E-state index in [2.05, 4.69) is 40.0 Å². The van der Waals surface area contributed by atoms with Gasteiger partial charge in [-0.05, 0) is 0 Å². The molecule has 187 valence electrons. The molecule has 1 aliphatic heterocycles. The first-order valence-corrected chi connectivity index (χ1v) is 18.7. The zero-order valence-electron chi connectivity index (χ0n) is 17.4. The Bertz CT molecular complexity index is 1250. The van der Waals surface area contributed by atoms with Crippen LogP contribution >= 0.6 is 40.0 Å². The van der Waals surface area contributed by atoms with Gasteiger partial charge in [-0.25, -0.2) is 4.79 Å². The number of benzene rings is 2. The van der Waals surface area contributed by atoms with Crippen molar-refractivity contribution in [1.82, 2.24) is 0 Å². The summed E-state index contributed by atoms with van der Waals surface area (Å²) in [5, 5.41) is 59.2. The molecule has 5 atom stereocenters. The zero-order chi connectivity index (χ0) is 25.9. The predicted molar refractivity (Wildman–Crippen MR) is 134 cm³/mol. The molecular formula is C21H18I2O11V. The number of aliphatic carboxylic acids is 1. The first-order valence-electron chi connectivity index (χ1n) is 9.70. The number of aliphatic hydroxyl groups excluding tert-OH is 3. The standard InChI is InChI=1S/C21H18O11.2HI.V/c22-9-6-10(8-4-2-1-3-5-8)30-11-7-12(14(23)15(24)13(9)11)31-21-18(27)16(25)17(26)19(32-21)20(28)29;;;/h1-7,16-19,21,23-27H,(H,28,29);2*1H;/q;;;+2/p-2/t16-,17-,18+,19?,21+;;;/m0.../s1. The summed E-state index contributed by atoms with van der Waals surface area (Å²) >= 11 is 4.74. The number of fused-ring (bicyclic) bond motifs is 1. The first kappa shape index (κ1) is 28.0. The van der Waals surface area contributed by atoms with Crippen LogP contribution in [0.3, 0.4) is 0 Å². The molecule has 1 aliphatic rings. The van der Waals surface area contributed by atoms with E-state index in [9.17, 15) is 35.1 Å². The van der Waals surface area contributed by atoms with Crippen molar-refractivity contribution >= 4 is 56.9 Å². The van der Waals surface area contributed by atoms with Crippen molar-refractivity contribution in [3.63, 3.8) is 0 Å². The molecule has 0 amide bonds. The molecule has 1 unspecified atom stereocenters. The number of rotatable bonds is 4. The van der Waals surface area contributed by atoms with E-state index in [0.29, 0.717) is 15.0 Å². The van der Waals surface area contributed by atoms with E-state index in [0.717, 1.165) is 12.1 Å². The van der Waals surface area contributed by atoms with Crippen LogP contribution in [0.1, 0.15) is 0 Å². The molecular weight excluding hydrogens is 733 g/mol. The third kappa shape index (κ3) is 6.04. The van der Waals surface area contributed by atoms with E-state index < -0.39 is 59.4 Å². The number of carbonyl (C=O) groups is 1. The molecule has 35 heavy (non-hydrogen) atoms. The van der Waals surface area contributed by atoms with Gasteiger partial charge in [0.1, 0.15) is 35.0 Å². The van der Waals surface area contributed by atoms with Crippen molar-refractivity contribution in [2.75, 3.05) is 0 Å². The van der Waals surface area contributed by atoms with Crippen LogP contribution in [-0.4, -0.2) is 67.3 Å². The molecule has 4 rings (SSSR count). The van der Waals surface area contributed by atoms with Gasteiger partial charge in [-0.1, -0.05) is 30.3 Å². The molecule has 14 heteroatoms. The third-order valence-electron chi connectivity index (χ3n) is 5.05. The molecule has 1 aromatic heterocycles. The second kappa shape index (κ2) is 12.1. The fourth-order valence-electron chi connectivity index (χ4n) is 3.38. The van der Waals surface area contributed by atoms with E-state index in [1.807, 2.05) is 0 Å². The van der Waals surface area contributed by atoms with Crippen LogP contribution in [0.25, 0.3) is 22.3 Å². The van der Waals surface area contributed by atoms with Crippen LogP contribution in [-0.2, 0) is 19.0 Å². The maximum absolute atomic E-state index is 12.5. The van der Waals surface area contributed by atoms with Gasteiger partial charge in [0.05, 0.1) is 0 Å². The molecule has 0 saturated carbocycles. The van der Waals surface area contributed by atoms with Gasteiger partial charge in [0.2, 0.25) is 12.0 Å². The Morgan fingerprint density at radius 2 is 1.60 bits per heavy atom. The summed E-state index contributed by atoms with van der Waals surface area (Å²) in [5.41, 5.74) is -0.265. The van der Waals surface area contributed by atoms with Crippen molar-refractivity contribution < 1.29 is 58.8 Å². The van der Waals surface area contributed by atoms with Crippen LogP contribution in [0.5, 0.6) is 17.2 Å². The minimum atomic E-state index is -1.94. The number of hydrogen-bond acceptors (Lipinski definition) is 10. The Morgan fingerprint density at radius 3 is 2.20 bits per heavy atom. The molecule has 0 bridgehead atoms. The summed E-state index contributed by atoms with van der Waals surface area (Å²) in [7, 11) is 0.628. The molecule has 0 radical (unpaired) electrons. The Balaban J connectivity index is 0.00000108. The van der Waals surface area contributed by atoms with Crippen LogP contribution in [0.2, 0.25) is 0 Å². The molecule has 1 fully saturated rings. The normalized spacial score (nSPS) is 23.7. The molecule has 3 aromatic rings. The fourth-order valence-corrected chi connectivity index (χ4v) is 3.38. The number of phenols is 2. The average molecular weight is 751 g/mol. The summed E-state index contributed by atoms with van der Waals surface area (Å²) in [6.45, 7) is 0. The van der Waals surface area contributed by atoms with Gasteiger partial charge in [-0.15, -0.1) is 0 Å². The summed E-state index contributed by atoms with van der Waals surface area (Å²) in [6.07, 6.45) is -9.56. The van der Waals surface area contributed by atoms with Crippen molar-refractivity contribution in [3.05, 3.63) is 52.7 Å². The van der Waals surface area contributed by atoms with Gasteiger partial charge in [-0.3, -0.25) is 4.79 Å². The van der Waals surface area contributed by atoms with Crippen LogP contribution in [0, 0.1) is 0 Å². The quantitative estimate of drug-likeness (QED) is 0.169. The molecule has 2 aromatic carbocycles. The summed E-state index contributed by atoms with van der Waals surface area (Å²) in [6, 6.07) is 10.8.